The lowest BCUT2D eigenvalue weighted by Crippen LogP contribution is -2.07. The summed E-state index contributed by atoms with van der Waals surface area (Å²) < 4.78 is 25.5. The number of carbonyl (C=O) groups is 1. The Morgan fingerprint density at radius 2 is 1.67 bits per heavy atom. The first kappa shape index (κ1) is 16.0. The van der Waals surface area contributed by atoms with Gasteiger partial charge in [-0.15, -0.1) is 0 Å². The minimum Gasteiger partial charge on any atom is -0.496 e. The highest BCUT2D eigenvalue weighted by Crippen LogP contribution is 2.34. The van der Waals surface area contributed by atoms with Crippen molar-refractivity contribution in [2.45, 2.75) is 0 Å². The molecule has 2 rings (SSSR count). The summed E-state index contributed by atoms with van der Waals surface area (Å²) in [5.41, 5.74) is 0.208. The van der Waals surface area contributed by atoms with E-state index in [4.69, 9.17) is 9.47 Å². The Labute approximate surface area is 138 Å². The smallest absolute Gasteiger partial charge is 0.199 e. The molecule has 0 fully saturated rings. The zero-order valence-electron chi connectivity index (χ0n) is 11.2. The Balaban J connectivity index is 2.56. The minimum absolute atomic E-state index is 0.0270. The third kappa shape index (κ3) is 3.27. The molecule has 6 heteroatoms. The fourth-order valence-corrected chi connectivity index (χ4v) is 2.67. The van der Waals surface area contributed by atoms with Gasteiger partial charge in [0.1, 0.15) is 17.3 Å². The van der Waals surface area contributed by atoms with Crippen molar-refractivity contribution in [2.75, 3.05) is 14.2 Å². The lowest BCUT2D eigenvalue weighted by Gasteiger charge is -2.12. The molecule has 0 saturated heterocycles. The average Bonchev–Trinajstić information content (AvgIpc) is 2.46. The van der Waals surface area contributed by atoms with E-state index in [0.29, 0.717) is 20.4 Å². The van der Waals surface area contributed by atoms with Crippen molar-refractivity contribution >= 4 is 37.6 Å². The molecule has 0 N–H and O–H groups in total. The van der Waals surface area contributed by atoms with Crippen LogP contribution in [0.15, 0.2) is 39.3 Å². The summed E-state index contributed by atoms with van der Waals surface area (Å²) in [6.07, 6.45) is 0. The Bertz CT molecular complexity index is 702. The lowest BCUT2D eigenvalue weighted by molar-refractivity contribution is 0.103. The highest BCUT2D eigenvalue weighted by Gasteiger charge is 2.20. The van der Waals surface area contributed by atoms with Crippen molar-refractivity contribution in [1.29, 1.82) is 0 Å². The summed E-state index contributed by atoms with van der Waals surface area (Å²) in [5.74, 6) is -0.257. The van der Waals surface area contributed by atoms with Crippen molar-refractivity contribution in [2.24, 2.45) is 0 Å². The number of rotatable bonds is 4. The van der Waals surface area contributed by atoms with E-state index in [-0.39, 0.29) is 11.1 Å². The molecule has 0 aliphatic rings. The second-order valence-corrected chi connectivity index (χ2v) is 5.91. The fraction of sp³-hybridized carbons (Fsp3) is 0.133. The van der Waals surface area contributed by atoms with Gasteiger partial charge in [0, 0.05) is 4.47 Å². The van der Waals surface area contributed by atoms with E-state index in [9.17, 15) is 9.18 Å². The van der Waals surface area contributed by atoms with Gasteiger partial charge in [-0.05, 0) is 46.3 Å². The van der Waals surface area contributed by atoms with Crippen LogP contribution in [0.4, 0.5) is 4.39 Å². The Kier molecular flexibility index (Phi) is 5.00. The van der Waals surface area contributed by atoms with Crippen molar-refractivity contribution in [3.8, 4) is 11.5 Å². The average molecular weight is 418 g/mol. The number of hydrogen-bond acceptors (Lipinski definition) is 3. The molecule has 0 bridgehead atoms. The predicted molar refractivity (Wildman–Crippen MR) is 84.8 cm³/mol. The van der Waals surface area contributed by atoms with Gasteiger partial charge in [0.05, 0.1) is 29.8 Å². The molecular formula is C15H11Br2FO3. The molecule has 0 amide bonds. The topological polar surface area (TPSA) is 35.5 Å². The van der Waals surface area contributed by atoms with Crippen LogP contribution in [0, 0.1) is 5.82 Å². The second-order valence-electron chi connectivity index (χ2n) is 4.14. The van der Waals surface area contributed by atoms with Gasteiger partial charge in [-0.3, -0.25) is 4.79 Å². The van der Waals surface area contributed by atoms with Crippen molar-refractivity contribution in [1.82, 2.24) is 0 Å². The Morgan fingerprint density at radius 1 is 1.00 bits per heavy atom. The van der Waals surface area contributed by atoms with Crippen molar-refractivity contribution in [3.05, 3.63) is 56.2 Å². The molecule has 3 nitrogen and oxygen atoms in total. The van der Waals surface area contributed by atoms with Crippen LogP contribution in [-0.4, -0.2) is 20.0 Å². The summed E-state index contributed by atoms with van der Waals surface area (Å²) in [6, 6.07) is 7.42. The molecule has 0 aliphatic carbocycles. The minimum atomic E-state index is -0.599. The molecule has 0 heterocycles. The van der Waals surface area contributed by atoms with Crippen LogP contribution in [0.1, 0.15) is 15.9 Å². The lowest BCUT2D eigenvalue weighted by atomic mass is 10.0. The van der Waals surface area contributed by atoms with Gasteiger partial charge in [-0.25, -0.2) is 4.39 Å². The zero-order chi connectivity index (χ0) is 15.6. The molecule has 0 atom stereocenters. The highest BCUT2D eigenvalue weighted by atomic mass is 79.9. The normalized spacial score (nSPS) is 10.3. The number of ketones is 1. The third-order valence-corrected chi connectivity index (χ3v) is 4.01. The van der Waals surface area contributed by atoms with Crippen LogP contribution in [-0.2, 0) is 0 Å². The van der Waals surface area contributed by atoms with E-state index in [1.807, 2.05) is 0 Å². The van der Waals surface area contributed by atoms with Crippen molar-refractivity contribution < 1.29 is 18.7 Å². The molecule has 0 aliphatic heterocycles. The Morgan fingerprint density at radius 3 is 2.24 bits per heavy atom. The molecule has 21 heavy (non-hydrogen) atoms. The molecule has 2 aromatic rings. The molecular weight excluding hydrogens is 407 g/mol. The van der Waals surface area contributed by atoms with E-state index >= 15 is 0 Å². The maximum Gasteiger partial charge on any atom is 0.199 e. The number of carbonyl (C=O) groups excluding carboxylic acids is 1. The van der Waals surface area contributed by atoms with E-state index < -0.39 is 11.6 Å². The molecule has 0 radical (unpaired) electrons. The summed E-state index contributed by atoms with van der Waals surface area (Å²) >= 11 is 6.47. The number of ether oxygens (including phenoxy) is 2. The summed E-state index contributed by atoms with van der Waals surface area (Å²) in [4.78, 5) is 12.5. The van der Waals surface area contributed by atoms with E-state index in [1.54, 1.807) is 12.1 Å². The molecule has 2 aromatic carbocycles. The molecule has 0 unspecified atom stereocenters. The SMILES string of the molecule is COc1cc(C(=O)c2ccc(Br)cc2F)c(OC)cc1Br. The highest BCUT2D eigenvalue weighted by molar-refractivity contribution is 9.10. The van der Waals surface area contributed by atoms with Gasteiger partial charge in [-0.1, -0.05) is 15.9 Å². The first-order chi connectivity index (χ1) is 9.97. The van der Waals surface area contributed by atoms with E-state index in [0.717, 1.165) is 0 Å². The van der Waals surface area contributed by atoms with Gasteiger partial charge < -0.3 is 9.47 Å². The van der Waals surface area contributed by atoms with Crippen LogP contribution in [0.3, 0.4) is 0 Å². The van der Waals surface area contributed by atoms with Gasteiger partial charge in [0.2, 0.25) is 0 Å². The Hall–Kier alpha value is -1.40. The molecule has 0 aromatic heterocycles. The first-order valence-electron chi connectivity index (χ1n) is 5.89. The summed E-state index contributed by atoms with van der Waals surface area (Å²) in [6.45, 7) is 0. The zero-order valence-corrected chi connectivity index (χ0v) is 14.4. The molecule has 0 saturated carbocycles. The quantitative estimate of drug-likeness (QED) is 0.682. The number of benzene rings is 2. The largest absolute Gasteiger partial charge is 0.496 e. The van der Waals surface area contributed by atoms with E-state index in [2.05, 4.69) is 31.9 Å². The monoisotopic (exact) mass is 416 g/mol. The van der Waals surface area contributed by atoms with Gasteiger partial charge >= 0.3 is 0 Å². The van der Waals surface area contributed by atoms with Crippen molar-refractivity contribution in [3.63, 3.8) is 0 Å². The third-order valence-electron chi connectivity index (χ3n) is 2.89. The fourth-order valence-electron chi connectivity index (χ4n) is 1.86. The molecule has 0 spiro atoms. The first-order valence-corrected chi connectivity index (χ1v) is 7.47. The summed E-state index contributed by atoms with van der Waals surface area (Å²) in [7, 11) is 2.93. The molecule has 110 valence electrons. The predicted octanol–water partition coefficient (Wildman–Crippen LogP) is 4.60. The van der Waals surface area contributed by atoms with Gasteiger partial charge in [-0.2, -0.15) is 0 Å². The van der Waals surface area contributed by atoms with Gasteiger partial charge in [0.15, 0.2) is 5.78 Å². The van der Waals surface area contributed by atoms with E-state index in [1.165, 1.54) is 32.4 Å². The maximum absolute atomic E-state index is 14.0. The van der Waals surface area contributed by atoms with Crippen LogP contribution in [0.5, 0.6) is 11.5 Å². The van der Waals surface area contributed by atoms with Gasteiger partial charge in [0.25, 0.3) is 0 Å². The number of hydrogen-bond donors (Lipinski definition) is 0. The second kappa shape index (κ2) is 6.58. The van der Waals surface area contributed by atoms with Crippen LogP contribution in [0.25, 0.3) is 0 Å². The number of halogens is 3. The van der Waals surface area contributed by atoms with Crippen LogP contribution < -0.4 is 9.47 Å². The standard InChI is InChI=1S/C15H11Br2FO3/c1-20-13-7-11(17)14(21-2)6-10(13)15(19)9-4-3-8(16)5-12(9)18/h3-7H,1-2H3. The maximum atomic E-state index is 14.0. The van der Waals surface area contributed by atoms with Crippen LogP contribution >= 0.6 is 31.9 Å². The number of methoxy groups -OCH3 is 2. The van der Waals surface area contributed by atoms with Crippen LogP contribution in [0.2, 0.25) is 0 Å². The summed E-state index contributed by atoms with van der Waals surface area (Å²) in [5, 5.41) is 0.